The van der Waals surface area contributed by atoms with Crippen LogP contribution in [0.4, 0.5) is 17.1 Å². The van der Waals surface area contributed by atoms with Gasteiger partial charge in [-0.1, -0.05) is 194 Å². The predicted octanol–water partition coefficient (Wildman–Crippen LogP) is 17.7. The minimum Gasteiger partial charge on any atom is -0.454 e. The summed E-state index contributed by atoms with van der Waals surface area (Å²) in [7, 11) is 0. The standard InChI is InChI=1S/C62H39NO/c1-2-17-42(18-3-1)63(58-31-16-30-56-51-25-14-15-32-59(51)64-62(56)58)43-36-33-40(34-37-43)60-52-26-10-12-28-54(52)61(55-29-13-11-27-53(55)60)41-35-38-50-48-23-7-6-21-46(48)44-19-4-5-20-45(44)47-22-8-9-24-49(47)57(50)39-41/h1-39H. The second-order valence-corrected chi connectivity index (χ2v) is 16.7. The Labute approximate surface area is 371 Å². The van der Waals surface area contributed by atoms with Gasteiger partial charge in [0.05, 0.1) is 5.69 Å². The summed E-state index contributed by atoms with van der Waals surface area (Å²) in [5.74, 6) is 0. The second-order valence-electron chi connectivity index (χ2n) is 16.7. The molecule has 0 saturated carbocycles. The number of hydrogen-bond donors (Lipinski definition) is 0. The van der Waals surface area contributed by atoms with E-state index in [4.69, 9.17) is 4.42 Å². The van der Waals surface area contributed by atoms with Crippen LogP contribution in [0, 0.1) is 0 Å². The lowest BCUT2D eigenvalue weighted by molar-refractivity contribution is 0.669. The van der Waals surface area contributed by atoms with Gasteiger partial charge in [-0.15, -0.1) is 0 Å². The number of anilines is 3. The molecule has 0 unspecified atom stereocenters. The largest absolute Gasteiger partial charge is 0.454 e. The summed E-state index contributed by atoms with van der Waals surface area (Å²) in [6.07, 6.45) is 0. The summed E-state index contributed by atoms with van der Waals surface area (Å²) in [6, 6.07) is 86.1. The monoisotopic (exact) mass is 813 g/mol. The van der Waals surface area contributed by atoms with E-state index in [1.807, 2.05) is 12.1 Å². The molecule has 1 heterocycles. The van der Waals surface area contributed by atoms with Gasteiger partial charge in [-0.25, -0.2) is 0 Å². The molecule has 12 aromatic rings. The van der Waals surface area contributed by atoms with E-state index in [1.165, 1.54) is 88.3 Å². The van der Waals surface area contributed by atoms with E-state index in [0.717, 1.165) is 39.0 Å². The summed E-state index contributed by atoms with van der Waals surface area (Å²) in [5, 5.41) is 7.13. The Hall–Kier alpha value is -8.46. The highest BCUT2D eigenvalue weighted by atomic mass is 16.3. The van der Waals surface area contributed by atoms with Crippen molar-refractivity contribution in [2.45, 2.75) is 0 Å². The van der Waals surface area contributed by atoms with Crippen LogP contribution in [0.25, 0.3) is 110 Å². The molecule has 0 amide bonds. The molecular weight excluding hydrogens is 775 g/mol. The van der Waals surface area contributed by atoms with Gasteiger partial charge in [0, 0.05) is 22.1 Å². The van der Waals surface area contributed by atoms with Crippen molar-refractivity contribution >= 4 is 60.5 Å². The molecule has 2 heteroatoms. The van der Waals surface area contributed by atoms with Gasteiger partial charge in [-0.05, 0) is 131 Å². The summed E-state index contributed by atoms with van der Waals surface area (Å²) in [4.78, 5) is 2.31. The third-order valence-electron chi connectivity index (χ3n) is 13.2. The molecule has 0 aliphatic heterocycles. The molecular formula is C62H39NO. The second kappa shape index (κ2) is 14.6. The fourth-order valence-electron chi connectivity index (χ4n) is 10.5. The normalized spacial score (nSPS) is 11.8. The van der Waals surface area contributed by atoms with Crippen molar-refractivity contribution in [2.75, 3.05) is 4.90 Å². The van der Waals surface area contributed by atoms with Crippen molar-refractivity contribution in [3.05, 3.63) is 237 Å². The fourth-order valence-corrected chi connectivity index (χ4v) is 10.5. The smallest absolute Gasteiger partial charge is 0.159 e. The molecule has 0 N–H and O–H groups in total. The van der Waals surface area contributed by atoms with Crippen molar-refractivity contribution < 1.29 is 4.42 Å². The fraction of sp³-hybridized carbons (Fsp3) is 0. The minimum absolute atomic E-state index is 0.870. The van der Waals surface area contributed by atoms with E-state index in [0.29, 0.717) is 0 Å². The zero-order valence-electron chi connectivity index (χ0n) is 34.9. The van der Waals surface area contributed by atoms with Gasteiger partial charge in [-0.2, -0.15) is 0 Å². The number of hydrogen-bond acceptors (Lipinski definition) is 2. The van der Waals surface area contributed by atoms with Crippen LogP contribution in [0.3, 0.4) is 0 Å². The number of benzene rings is 11. The Morgan fingerprint density at radius 1 is 0.266 bits per heavy atom. The van der Waals surface area contributed by atoms with Crippen LogP contribution in [0.15, 0.2) is 241 Å². The van der Waals surface area contributed by atoms with Crippen LogP contribution in [0.1, 0.15) is 0 Å². The molecule has 0 radical (unpaired) electrons. The van der Waals surface area contributed by atoms with Gasteiger partial charge < -0.3 is 9.32 Å². The summed E-state index contributed by atoms with van der Waals surface area (Å²) in [6.45, 7) is 0. The molecule has 2 nitrogen and oxygen atoms in total. The molecule has 13 rings (SSSR count). The van der Waals surface area contributed by atoms with Crippen LogP contribution < -0.4 is 4.90 Å². The zero-order chi connectivity index (χ0) is 42.1. The first kappa shape index (κ1) is 36.2. The van der Waals surface area contributed by atoms with Gasteiger partial charge in [0.15, 0.2) is 5.58 Å². The Bertz CT molecular complexity index is 3720. The zero-order valence-corrected chi connectivity index (χ0v) is 34.9. The van der Waals surface area contributed by atoms with E-state index in [9.17, 15) is 0 Å². The average molecular weight is 814 g/mol. The van der Waals surface area contributed by atoms with Gasteiger partial charge >= 0.3 is 0 Å². The first-order valence-corrected chi connectivity index (χ1v) is 22.0. The van der Waals surface area contributed by atoms with Crippen molar-refractivity contribution in [3.63, 3.8) is 0 Å². The lowest BCUT2D eigenvalue weighted by atomic mass is 9.79. The van der Waals surface area contributed by atoms with Gasteiger partial charge in [0.1, 0.15) is 5.58 Å². The minimum atomic E-state index is 0.870. The van der Waals surface area contributed by atoms with Gasteiger partial charge in [0.2, 0.25) is 0 Å². The molecule has 0 spiro atoms. The highest BCUT2D eigenvalue weighted by Crippen LogP contribution is 2.51. The maximum absolute atomic E-state index is 6.59. The summed E-state index contributed by atoms with van der Waals surface area (Å²) < 4.78 is 6.59. The molecule has 0 fully saturated rings. The van der Waals surface area contributed by atoms with Crippen molar-refractivity contribution in [3.8, 4) is 66.8 Å². The molecule has 1 aromatic heterocycles. The van der Waals surface area contributed by atoms with Gasteiger partial charge in [-0.3, -0.25) is 0 Å². The first-order valence-electron chi connectivity index (χ1n) is 22.0. The van der Waals surface area contributed by atoms with Gasteiger partial charge in [0.25, 0.3) is 0 Å². The number of para-hydroxylation sites is 3. The quantitative estimate of drug-likeness (QED) is 0.161. The van der Waals surface area contributed by atoms with Crippen molar-refractivity contribution in [1.29, 1.82) is 0 Å². The molecule has 0 bridgehead atoms. The number of nitrogens with zero attached hydrogens (tertiary/aromatic N) is 1. The van der Waals surface area contributed by atoms with Crippen LogP contribution in [0.5, 0.6) is 0 Å². The first-order chi connectivity index (χ1) is 31.8. The van der Waals surface area contributed by atoms with Crippen LogP contribution in [0.2, 0.25) is 0 Å². The predicted molar refractivity (Wildman–Crippen MR) is 270 cm³/mol. The topological polar surface area (TPSA) is 16.4 Å². The Morgan fingerprint density at radius 2 is 0.672 bits per heavy atom. The van der Waals surface area contributed by atoms with E-state index < -0.39 is 0 Å². The molecule has 64 heavy (non-hydrogen) atoms. The SMILES string of the molecule is c1ccc(N(c2ccc(-c3c4ccccc4c(-c4ccc5c(c4)-c4ccccc4-c4ccccc4-c4ccccc4-5)c4ccccc34)cc2)c2cccc3c2oc2ccccc23)cc1. The van der Waals surface area contributed by atoms with Crippen LogP contribution >= 0.6 is 0 Å². The number of fused-ring (bicyclic) bond motifs is 13. The third kappa shape index (κ3) is 5.59. The molecule has 1 aliphatic rings. The number of rotatable bonds is 5. The van der Waals surface area contributed by atoms with E-state index in [2.05, 4.69) is 229 Å². The Balaban J connectivity index is 0.992. The summed E-state index contributed by atoms with van der Waals surface area (Å²) >= 11 is 0. The Kier molecular flexibility index (Phi) is 8.25. The van der Waals surface area contributed by atoms with E-state index in [1.54, 1.807) is 0 Å². The highest BCUT2D eigenvalue weighted by Gasteiger charge is 2.24. The van der Waals surface area contributed by atoms with E-state index in [-0.39, 0.29) is 0 Å². The summed E-state index contributed by atoms with van der Waals surface area (Å²) in [5.41, 5.74) is 19.7. The van der Waals surface area contributed by atoms with Crippen molar-refractivity contribution in [1.82, 2.24) is 0 Å². The molecule has 0 saturated heterocycles. The molecule has 1 aliphatic carbocycles. The van der Waals surface area contributed by atoms with Crippen LogP contribution in [-0.2, 0) is 0 Å². The van der Waals surface area contributed by atoms with Crippen LogP contribution in [-0.4, -0.2) is 0 Å². The molecule has 298 valence electrons. The number of furan rings is 1. The maximum Gasteiger partial charge on any atom is 0.159 e. The molecule has 0 atom stereocenters. The Morgan fingerprint density at radius 3 is 1.23 bits per heavy atom. The van der Waals surface area contributed by atoms with Crippen molar-refractivity contribution in [2.24, 2.45) is 0 Å². The maximum atomic E-state index is 6.59. The molecule has 11 aromatic carbocycles. The lowest BCUT2D eigenvalue weighted by Gasteiger charge is -2.26. The van der Waals surface area contributed by atoms with E-state index >= 15 is 0 Å². The third-order valence-corrected chi connectivity index (χ3v) is 13.2. The average Bonchev–Trinajstić information content (AvgIpc) is 3.75. The highest BCUT2D eigenvalue weighted by molar-refractivity contribution is 6.22. The lowest BCUT2D eigenvalue weighted by Crippen LogP contribution is -2.10.